The molecule has 9 nitrogen and oxygen atoms in total. The average Bonchev–Trinajstić information content (AvgIpc) is 3.77. The zero-order chi connectivity index (χ0) is 36.0. The van der Waals surface area contributed by atoms with Crippen molar-refractivity contribution in [3.8, 4) is 11.1 Å². The van der Waals surface area contributed by atoms with E-state index in [1.54, 1.807) is 15.9 Å². The van der Waals surface area contributed by atoms with E-state index in [0.717, 1.165) is 35.0 Å². The predicted molar refractivity (Wildman–Crippen MR) is 174 cm³/mol. The Balaban J connectivity index is 1.39. The van der Waals surface area contributed by atoms with E-state index in [1.165, 1.54) is 6.08 Å². The molecule has 0 radical (unpaired) electrons. The zero-order valence-electron chi connectivity index (χ0n) is 30.9. The standard InChI is InChI=1S/C33H38ClFN8O/c1-7-25(44)42-13-19(4)43(14-18(42)3)32-22-12-23(34)27(26-17(2)8-11-24-28(26)30(39-38-24)20-9-10-20)29(35)31(22)36-33(37-32)41-15-21(16-41)40(5)6/h7-8,11-12,18-21H,1,9-10,13-16H2,2-6H3,(H,38,39)/t18-,19+/m1/s1/i5D3,6D3. The SMILES string of the molecule is [2H]C([2H])([2H])N(C1CN(c2nc(N3C[C@@H](C)N(C(=O)C=C)C[C@@H]3C)c3cc(Cl)c(-c4c(C)ccc5[nH]nc(C6CC6)c45)c(F)c3n2)C1)C([2H])([2H])[2H]. The van der Waals surface area contributed by atoms with Crippen molar-refractivity contribution in [3.05, 3.63) is 53.0 Å². The van der Waals surface area contributed by atoms with E-state index in [9.17, 15) is 4.79 Å². The van der Waals surface area contributed by atoms with Crippen LogP contribution in [0.25, 0.3) is 32.9 Å². The maximum Gasteiger partial charge on any atom is 0.246 e. The molecule has 2 aromatic heterocycles. The minimum Gasteiger partial charge on any atom is -0.349 e. The second-order valence-corrected chi connectivity index (χ2v) is 12.7. The number of benzene rings is 2. The number of piperazine rings is 1. The van der Waals surface area contributed by atoms with Crippen molar-refractivity contribution < 1.29 is 17.4 Å². The molecule has 0 unspecified atom stereocenters. The summed E-state index contributed by atoms with van der Waals surface area (Å²) in [7, 11) is 0. The fourth-order valence-electron chi connectivity index (χ4n) is 6.60. The Morgan fingerprint density at radius 2 is 1.93 bits per heavy atom. The van der Waals surface area contributed by atoms with Gasteiger partial charge in [0.1, 0.15) is 11.3 Å². The fraction of sp³-hybridized carbons (Fsp3) is 0.455. The highest BCUT2D eigenvalue weighted by Gasteiger charge is 2.37. The first-order valence-corrected chi connectivity index (χ1v) is 15.3. The summed E-state index contributed by atoms with van der Waals surface area (Å²) in [6.45, 7) is 4.46. The van der Waals surface area contributed by atoms with Crippen LogP contribution in [0, 0.1) is 12.7 Å². The Labute approximate surface area is 270 Å². The molecular weight excluding hydrogens is 579 g/mol. The smallest absolute Gasteiger partial charge is 0.246 e. The molecule has 2 aromatic carbocycles. The van der Waals surface area contributed by atoms with Crippen molar-refractivity contribution in [2.24, 2.45) is 0 Å². The highest BCUT2D eigenvalue weighted by atomic mass is 35.5. The van der Waals surface area contributed by atoms with Gasteiger partial charge >= 0.3 is 0 Å². The normalized spacial score (nSPS) is 23.6. The maximum atomic E-state index is 17.3. The van der Waals surface area contributed by atoms with E-state index in [1.807, 2.05) is 37.8 Å². The quantitative estimate of drug-likeness (QED) is 0.284. The molecule has 1 amide bonds. The zero-order valence-corrected chi connectivity index (χ0v) is 25.6. The number of nitrogens with one attached hydrogen (secondary N) is 1. The first-order chi connectivity index (χ1) is 23.5. The molecule has 1 aliphatic carbocycles. The van der Waals surface area contributed by atoms with Crippen LogP contribution in [0.5, 0.6) is 0 Å². The van der Waals surface area contributed by atoms with Gasteiger partial charge in [0.25, 0.3) is 0 Å². The lowest BCUT2D eigenvalue weighted by molar-refractivity contribution is -0.128. The number of amides is 1. The van der Waals surface area contributed by atoms with Gasteiger partial charge in [0, 0.05) is 80.3 Å². The summed E-state index contributed by atoms with van der Waals surface area (Å²) in [5, 5.41) is 9.08. The van der Waals surface area contributed by atoms with Gasteiger partial charge in [-0.3, -0.25) is 9.89 Å². The average molecular weight is 623 g/mol. The number of aromatic nitrogens is 4. The summed E-state index contributed by atoms with van der Waals surface area (Å²) >= 11 is 7.04. The highest BCUT2D eigenvalue weighted by molar-refractivity contribution is 6.35. The van der Waals surface area contributed by atoms with Crippen LogP contribution in [0.15, 0.2) is 30.9 Å². The molecule has 44 heavy (non-hydrogen) atoms. The summed E-state index contributed by atoms with van der Waals surface area (Å²) < 4.78 is 64.5. The number of halogens is 2. The van der Waals surface area contributed by atoms with Crippen LogP contribution in [0.3, 0.4) is 0 Å². The number of hydrogen-bond acceptors (Lipinski definition) is 7. The molecule has 1 saturated carbocycles. The Morgan fingerprint density at radius 3 is 2.64 bits per heavy atom. The number of aryl methyl sites for hydroxylation is 1. The largest absolute Gasteiger partial charge is 0.349 e. The number of aromatic amines is 1. The molecular formula is C33H38ClFN8O. The Bertz CT molecular complexity index is 2010. The van der Waals surface area contributed by atoms with E-state index < -0.39 is 25.8 Å². The van der Waals surface area contributed by atoms with Crippen LogP contribution in [-0.4, -0.2) is 94.1 Å². The summed E-state index contributed by atoms with van der Waals surface area (Å²) in [5.74, 6) is -0.00337. The first kappa shape index (κ1) is 22.7. The molecule has 3 aliphatic rings. The lowest BCUT2D eigenvalue weighted by atomic mass is 9.93. The second kappa shape index (κ2) is 10.7. The minimum absolute atomic E-state index is 0.00947. The summed E-state index contributed by atoms with van der Waals surface area (Å²) in [4.78, 5) is 28.2. The number of carbonyl (C=O) groups excluding carboxylic acids is 1. The monoisotopic (exact) mass is 622 g/mol. The van der Waals surface area contributed by atoms with Crippen LogP contribution in [0.4, 0.5) is 16.2 Å². The topological polar surface area (TPSA) is 84.5 Å². The summed E-state index contributed by atoms with van der Waals surface area (Å²) in [5.41, 5.74) is 3.34. The Hall–Kier alpha value is -3.76. The second-order valence-electron chi connectivity index (χ2n) is 12.3. The van der Waals surface area contributed by atoms with Gasteiger partial charge in [-0.1, -0.05) is 24.2 Å². The van der Waals surface area contributed by atoms with Crippen LogP contribution in [-0.2, 0) is 4.79 Å². The van der Waals surface area contributed by atoms with Gasteiger partial charge in [-0.2, -0.15) is 10.1 Å². The summed E-state index contributed by atoms with van der Waals surface area (Å²) in [6.07, 6.45) is 3.29. The third-order valence-electron chi connectivity index (χ3n) is 9.26. The summed E-state index contributed by atoms with van der Waals surface area (Å²) in [6, 6.07) is 4.21. The Morgan fingerprint density at radius 1 is 1.16 bits per heavy atom. The third-order valence-corrected chi connectivity index (χ3v) is 9.56. The number of carbonyl (C=O) groups is 1. The van der Waals surface area contributed by atoms with Gasteiger partial charge in [0.05, 0.1) is 16.2 Å². The minimum atomic E-state index is -2.85. The van der Waals surface area contributed by atoms with Crippen molar-refractivity contribution in [1.29, 1.82) is 0 Å². The van der Waals surface area contributed by atoms with Gasteiger partial charge in [-0.25, -0.2) is 9.37 Å². The molecule has 230 valence electrons. The van der Waals surface area contributed by atoms with Crippen molar-refractivity contribution in [2.75, 3.05) is 49.9 Å². The number of H-pyrrole nitrogens is 1. The van der Waals surface area contributed by atoms with E-state index in [2.05, 4.69) is 16.8 Å². The first-order valence-electron chi connectivity index (χ1n) is 17.9. The van der Waals surface area contributed by atoms with Crippen molar-refractivity contribution in [1.82, 2.24) is 30.0 Å². The van der Waals surface area contributed by atoms with Gasteiger partial charge in [0.2, 0.25) is 11.9 Å². The number of fused-ring (bicyclic) bond motifs is 2. The molecule has 1 N–H and O–H groups in total. The van der Waals surface area contributed by atoms with Gasteiger partial charge in [0.15, 0.2) is 5.82 Å². The third kappa shape index (κ3) is 4.61. The number of hydrogen-bond donors (Lipinski definition) is 1. The number of rotatable bonds is 6. The molecule has 2 aliphatic heterocycles. The van der Waals surface area contributed by atoms with Gasteiger partial charge < -0.3 is 19.6 Å². The molecule has 7 rings (SSSR count). The number of likely N-dealkylation sites (N-methyl/N-ethyl adjacent to an activating group) is 1. The molecule has 11 heteroatoms. The van der Waals surface area contributed by atoms with E-state index in [4.69, 9.17) is 29.8 Å². The van der Waals surface area contributed by atoms with Crippen molar-refractivity contribution in [2.45, 2.75) is 57.7 Å². The lowest BCUT2D eigenvalue weighted by Crippen LogP contribution is -2.59. The number of nitrogens with zero attached hydrogens (tertiary/aromatic N) is 7. The van der Waals surface area contributed by atoms with Crippen LogP contribution in [0.1, 0.15) is 52.1 Å². The van der Waals surface area contributed by atoms with Crippen LogP contribution < -0.4 is 9.80 Å². The molecule has 2 atom stereocenters. The Kier molecular flexibility index (Phi) is 5.52. The molecule has 0 bridgehead atoms. The lowest BCUT2D eigenvalue weighted by Gasteiger charge is -2.45. The molecule has 4 heterocycles. The van der Waals surface area contributed by atoms with E-state index >= 15 is 4.39 Å². The van der Waals surface area contributed by atoms with Crippen molar-refractivity contribution >= 4 is 51.1 Å². The van der Waals surface area contributed by atoms with Crippen LogP contribution in [0.2, 0.25) is 5.02 Å². The van der Waals surface area contributed by atoms with Crippen molar-refractivity contribution in [3.63, 3.8) is 0 Å². The van der Waals surface area contributed by atoms with E-state index in [-0.39, 0.29) is 59.0 Å². The van der Waals surface area contributed by atoms with Gasteiger partial charge in [-0.15, -0.1) is 0 Å². The molecule has 0 spiro atoms. The number of anilines is 2. The van der Waals surface area contributed by atoms with Gasteiger partial charge in [-0.05, 0) is 71.3 Å². The maximum absolute atomic E-state index is 17.3. The predicted octanol–water partition coefficient (Wildman–Crippen LogP) is 5.51. The van der Waals surface area contributed by atoms with E-state index in [0.29, 0.717) is 34.8 Å². The highest BCUT2D eigenvalue weighted by Crippen LogP contribution is 2.48. The fourth-order valence-corrected chi connectivity index (χ4v) is 6.89. The molecule has 3 fully saturated rings. The molecule has 2 saturated heterocycles. The van der Waals surface area contributed by atoms with Crippen LogP contribution >= 0.6 is 11.6 Å². The molecule has 4 aromatic rings.